The molecule has 2 N–H and O–H groups in total. The van der Waals surface area contributed by atoms with Gasteiger partial charge in [0.15, 0.2) is 0 Å². The molecular weight excluding hydrogens is 236 g/mol. The van der Waals surface area contributed by atoms with Gasteiger partial charge < -0.3 is 10.5 Å². The zero-order chi connectivity index (χ0) is 13.9. The second kappa shape index (κ2) is 5.68. The van der Waals surface area contributed by atoms with E-state index in [0.29, 0.717) is 0 Å². The van der Waals surface area contributed by atoms with E-state index < -0.39 is 0 Å². The lowest BCUT2D eigenvalue weighted by molar-refractivity contribution is -0.0382. The van der Waals surface area contributed by atoms with E-state index >= 15 is 0 Å². The van der Waals surface area contributed by atoms with E-state index in [1.165, 1.54) is 0 Å². The molecule has 0 saturated heterocycles. The molecule has 1 unspecified atom stereocenters. The maximum atomic E-state index is 6.53. The summed E-state index contributed by atoms with van der Waals surface area (Å²) < 4.78 is 5.76. The number of pyridine rings is 1. The van der Waals surface area contributed by atoms with E-state index in [-0.39, 0.29) is 11.6 Å². The fourth-order valence-corrected chi connectivity index (χ4v) is 2.81. The average molecular weight is 258 g/mol. The molecule has 0 amide bonds. The first-order valence-electron chi connectivity index (χ1n) is 6.82. The molecule has 0 aliphatic heterocycles. The van der Waals surface area contributed by atoms with Crippen LogP contribution < -0.4 is 5.73 Å². The summed E-state index contributed by atoms with van der Waals surface area (Å²) in [5, 5.41) is 2.28. The third kappa shape index (κ3) is 2.36. The van der Waals surface area contributed by atoms with Gasteiger partial charge in [0.05, 0.1) is 11.6 Å². The summed E-state index contributed by atoms with van der Waals surface area (Å²) in [4.78, 5) is 4.16. The van der Waals surface area contributed by atoms with Crippen LogP contribution in [0.5, 0.6) is 0 Å². The predicted octanol–water partition coefficient (Wildman–Crippen LogP) is 3.44. The summed E-state index contributed by atoms with van der Waals surface area (Å²) in [7, 11) is 1.75. The van der Waals surface area contributed by atoms with Crippen LogP contribution in [0.15, 0.2) is 36.7 Å². The molecule has 0 saturated carbocycles. The fraction of sp³-hybridized carbons (Fsp3) is 0.438. The smallest absolute Gasteiger partial charge is 0.0865 e. The van der Waals surface area contributed by atoms with E-state index in [1.807, 2.05) is 24.5 Å². The molecule has 1 heterocycles. The zero-order valence-electron chi connectivity index (χ0n) is 11.9. The number of aromatic nitrogens is 1. The molecule has 0 radical (unpaired) electrons. The second-order valence-electron chi connectivity index (χ2n) is 4.90. The molecule has 1 aromatic carbocycles. The van der Waals surface area contributed by atoms with Crippen LogP contribution in [-0.2, 0) is 4.74 Å². The predicted molar refractivity (Wildman–Crippen MR) is 79.0 cm³/mol. The Morgan fingerprint density at radius 2 is 2.00 bits per heavy atom. The molecule has 1 aromatic heterocycles. The van der Waals surface area contributed by atoms with Crippen LogP contribution in [0, 0.1) is 0 Å². The van der Waals surface area contributed by atoms with Crippen molar-refractivity contribution in [3.63, 3.8) is 0 Å². The number of nitrogens with zero attached hydrogens (tertiary/aromatic N) is 1. The molecule has 0 fully saturated rings. The molecular formula is C16H22N2O. The second-order valence-corrected chi connectivity index (χ2v) is 4.90. The molecule has 2 aromatic rings. The Morgan fingerprint density at radius 1 is 1.26 bits per heavy atom. The van der Waals surface area contributed by atoms with Crippen LogP contribution in [0.3, 0.4) is 0 Å². The summed E-state index contributed by atoms with van der Waals surface area (Å²) >= 11 is 0. The Balaban J connectivity index is 2.55. The van der Waals surface area contributed by atoms with Gasteiger partial charge in [0.1, 0.15) is 0 Å². The van der Waals surface area contributed by atoms with Crippen molar-refractivity contribution in [3.05, 3.63) is 42.2 Å². The average Bonchev–Trinajstić information content (AvgIpc) is 2.49. The number of hydrogen-bond donors (Lipinski definition) is 1. The first kappa shape index (κ1) is 14.0. The lowest BCUT2D eigenvalue weighted by Crippen LogP contribution is -2.42. The summed E-state index contributed by atoms with van der Waals surface area (Å²) in [6.45, 7) is 4.25. The topological polar surface area (TPSA) is 48.1 Å². The Bertz CT molecular complexity index is 536. The van der Waals surface area contributed by atoms with Crippen LogP contribution in [0.4, 0.5) is 0 Å². The maximum absolute atomic E-state index is 6.53. The van der Waals surface area contributed by atoms with Crippen molar-refractivity contribution in [2.75, 3.05) is 7.11 Å². The highest BCUT2D eigenvalue weighted by Gasteiger charge is 2.34. The lowest BCUT2D eigenvalue weighted by Gasteiger charge is -2.37. The van der Waals surface area contributed by atoms with Gasteiger partial charge in [-0.15, -0.1) is 0 Å². The van der Waals surface area contributed by atoms with Crippen LogP contribution in [0.25, 0.3) is 10.8 Å². The first-order valence-corrected chi connectivity index (χ1v) is 6.82. The third-order valence-electron chi connectivity index (χ3n) is 4.22. The van der Waals surface area contributed by atoms with Gasteiger partial charge in [0.25, 0.3) is 0 Å². The summed E-state index contributed by atoms with van der Waals surface area (Å²) in [6.07, 6.45) is 5.47. The highest BCUT2D eigenvalue weighted by molar-refractivity contribution is 5.85. The van der Waals surface area contributed by atoms with Crippen molar-refractivity contribution in [3.8, 4) is 0 Å². The molecule has 19 heavy (non-hydrogen) atoms. The minimum Gasteiger partial charge on any atom is -0.376 e. The van der Waals surface area contributed by atoms with Crippen molar-refractivity contribution in [2.24, 2.45) is 5.73 Å². The number of nitrogens with two attached hydrogens (primary N) is 1. The Hall–Kier alpha value is -1.45. The summed E-state index contributed by atoms with van der Waals surface area (Å²) in [5.74, 6) is 0. The zero-order valence-corrected chi connectivity index (χ0v) is 11.9. The number of rotatable bonds is 5. The molecule has 0 aliphatic rings. The van der Waals surface area contributed by atoms with Gasteiger partial charge in [-0.05, 0) is 29.9 Å². The van der Waals surface area contributed by atoms with Crippen molar-refractivity contribution in [2.45, 2.75) is 38.3 Å². The van der Waals surface area contributed by atoms with E-state index in [9.17, 15) is 0 Å². The molecule has 0 bridgehead atoms. The first-order chi connectivity index (χ1) is 9.18. The molecule has 102 valence electrons. The molecule has 0 spiro atoms. The minimum absolute atomic E-state index is 0.140. The monoisotopic (exact) mass is 258 g/mol. The standard InChI is InChI=1S/C16H22N2O/c1-4-16(5-2,19-3)15(17)14-8-6-7-12-11-18-10-9-13(12)14/h6-11,15H,4-5,17H2,1-3H3. The maximum Gasteiger partial charge on any atom is 0.0865 e. The van der Waals surface area contributed by atoms with Crippen LogP contribution >= 0.6 is 0 Å². The molecule has 1 atom stereocenters. The van der Waals surface area contributed by atoms with E-state index in [2.05, 4.69) is 31.0 Å². The SMILES string of the molecule is CCC(CC)(OC)C(N)c1cccc2cnccc12. The van der Waals surface area contributed by atoms with Gasteiger partial charge in [-0.3, -0.25) is 4.98 Å². The highest BCUT2D eigenvalue weighted by atomic mass is 16.5. The van der Waals surface area contributed by atoms with Crippen LogP contribution in [0.1, 0.15) is 38.3 Å². The molecule has 3 heteroatoms. The van der Waals surface area contributed by atoms with Crippen LogP contribution in [0.2, 0.25) is 0 Å². The Kier molecular flexibility index (Phi) is 4.17. The van der Waals surface area contributed by atoms with Gasteiger partial charge in [0, 0.05) is 24.9 Å². The normalized spacial score (nSPS) is 13.7. The summed E-state index contributed by atoms with van der Waals surface area (Å²) in [6, 6.07) is 8.07. The number of benzene rings is 1. The molecule has 2 rings (SSSR count). The van der Waals surface area contributed by atoms with Crippen LogP contribution in [-0.4, -0.2) is 17.7 Å². The van der Waals surface area contributed by atoms with Crippen molar-refractivity contribution in [1.82, 2.24) is 4.98 Å². The minimum atomic E-state index is -0.308. The van der Waals surface area contributed by atoms with Gasteiger partial charge in [-0.25, -0.2) is 0 Å². The molecule has 0 aliphatic carbocycles. The van der Waals surface area contributed by atoms with E-state index in [1.54, 1.807) is 7.11 Å². The quantitative estimate of drug-likeness (QED) is 0.893. The van der Waals surface area contributed by atoms with Crippen molar-refractivity contribution in [1.29, 1.82) is 0 Å². The van der Waals surface area contributed by atoms with Gasteiger partial charge in [-0.2, -0.15) is 0 Å². The van der Waals surface area contributed by atoms with Gasteiger partial charge in [-0.1, -0.05) is 32.0 Å². The number of hydrogen-bond acceptors (Lipinski definition) is 3. The third-order valence-corrected chi connectivity index (χ3v) is 4.22. The van der Waals surface area contributed by atoms with E-state index in [0.717, 1.165) is 29.2 Å². The van der Waals surface area contributed by atoms with Crippen molar-refractivity contribution < 1.29 is 4.74 Å². The number of ether oxygens (including phenoxy) is 1. The van der Waals surface area contributed by atoms with Gasteiger partial charge in [0.2, 0.25) is 0 Å². The Labute approximate surface area is 114 Å². The highest BCUT2D eigenvalue weighted by Crippen LogP contribution is 2.35. The Morgan fingerprint density at radius 3 is 2.63 bits per heavy atom. The largest absolute Gasteiger partial charge is 0.376 e. The van der Waals surface area contributed by atoms with Gasteiger partial charge >= 0.3 is 0 Å². The number of methoxy groups -OCH3 is 1. The lowest BCUT2D eigenvalue weighted by atomic mass is 9.83. The summed E-state index contributed by atoms with van der Waals surface area (Å²) in [5.41, 5.74) is 7.35. The number of fused-ring (bicyclic) bond motifs is 1. The fourth-order valence-electron chi connectivity index (χ4n) is 2.81. The molecule has 3 nitrogen and oxygen atoms in total. The van der Waals surface area contributed by atoms with Crippen molar-refractivity contribution >= 4 is 10.8 Å². The van der Waals surface area contributed by atoms with E-state index in [4.69, 9.17) is 10.5 Å².